The summed E-state index contributed by atoms with van der Waals surface area (Å²) in [6, 6.07) is 7.62. The molecule has 102 valence electrons. The van der Waals surface area contributed by atoms with Gasteiger partial charge in [0, 0.05) is 4.90 Å². The van der Waals surface area contributed by atoms with Crippen molar-refractivity contribution in [1.29, 1.82) is 0 Å². The van der Waals surface area contributed by atoms with E-state index in [0.29, 0.717) is 12.3 Å². The van der Waals surface area contributed by atoms with Gasteiger partial charge in [-0.3, -0.25) is 4.79 Å². The lowest BCUT2D eigenvalue weighted by Gasteiger charge is -2.16. The van der Waals surface area contributed by atoms with Gasteiger partial charge in [-0.1, -0.05) is 42.5 Å². The Balaban J connectivity index is 2.07. The third-order valence-electron chi connectivity index (χ3n) is 3.07. The Hall–Kier alpha value is -1.42. The first-order valence-corrected chi connectivity index (χ1v) is 7.80. The van der Waals surface area contributed by atoms with Crippen molar-refractivity contribution in [2.75, 3.05) is 0 Å². The fraction of sp³-hybridized carbons (Fsp3) is 0.400. The van der Waals surface area contributed by atoms with Crippen LogP contribution < -0.4 is 5.32 Å². The monoisotopic (exact) mass is 277 g/mol. The summed E-state index contributed by atoms with van der Waals surface area (Å²) in [4.78, 5) is 24.4. The van der Waals surface area contributed by atoms with Crippen molar-refractivity contribution in [3.8, 4) is 0 Å². The van der Waals surface area contributed by atoms with E-state index >= 15 is 0 Å². The number of carbonyl (C=O) groups is 2. The molecule has 0 aromatic heterocycles. The van der Waals surface area contributed by atoms with Crippen molar-refractivity contribution in [1.82, 2.24) is 5.32 Å². The lowest BCUT2D eigenvalue weighted by atomic mass is 10.1. The number of carbonyl (C=O) groups excluding carboxylic acids is 2. The number of rotatable bonds is 4. The van der Waals surface area contributed by atoms with Gasteiger partial charge in [-0.05, 0) is 35.8 Å². The molecule has 2 rings (SSSR count). The molecule has 1 aliphatic heterocycles. The zero-order valence-corrected chi connectivity index (χ0v) is 12.1. The Morgan fingerprint density at radius 2 is 2.16 bits per heavy atom. The standard InChI is InChI=1S/C15H19NO2S/c1-11(2)9-13(10-17)16-15(18)19-8-7-12-5-3-4-6-14(12)19/h3-6,8,10-11,13H,7,9H2,1-2H3,(H,16,18)/t13-,19?/m0/s1. The van der Waals surface area contributed by atoms with Crippen molar-refractivity contribution < 1.29 is 9.59 Å². The third-order valence-corrected chi connectivity index (χ3v) is 4.96. The summed E-state index contributed by atoms with van der Waals surface area (Å²) in [5.41, 5.74) is 1.22. The number of benzene rings is 1. The lowest BCUT2D eigenvalue weighted by Crippen LogP contribution is -2.35. The molecule has 1 aliphatic rings. The molecule has 1 aromatic carbocycles. The topological polar surface area (TPSA) is 46.2 Å². The van der Waals surface area contributed by atoms with Gasteiger partial charge in [0.2, 0.25) is 0 Å². The van der Waals surface area contributed by atoms with E-state index < -0.39 is 10.5 Å². The van der Waals surface area contributed by atoms with Gasteiger partial charge >= 0.3 is 0 Å². The van der Waals surface area contributed by atoms with E-state index in [0.717, 1.165) is 17.6 Å². The minimum Gasteiger partial charge on any atom is -0.338 e. The van der Waals surface area contributed by atoms with Crippen LogP contribution in [0.5, 0.6) is 0 Å². The van der Waals surface area contributed by atoms with Crippen LogP contribution in [-0.4, -0.2) is 22.9 Å². The Labute approximate surface area is 116 Å². The van der Waals surface area contributed by atoms with Crippen LogP contribution >= 0.6 is 10.5 Å². The van der Waals surface area contributed by atoms with E-state index in [1.807, 2.05) is 37.4 Å². The molecule has 0 radical (unpaired) electrons. The summed E-state index contributed by atoms with van der Waals surface area (Å²) in [7, 11) is -0.518. The van der Waals surface area contributed by atoms with E-state index in [2.05, 4.69) is 11.4 Å². The minimum absolute atomic E-state index is 0.0392. The summed E-state index contributed by atoms with van der Waals surface area (Å²) in [5.74, 6) is 0.388. The van der Waals surface area contributed by atoms with Gasteiger partial charge < -0.3 is 10.1 Å². The summed E-state index contributed by atoms with van der Waals surface area (Å²) < 4.78 is 0. The predicted octanol–water partition coefficient (Wildman–Crippen LogP) is 3.00. The molecule has 1 heterocycles. The van der Waals surface area contributed by atoms with Crippen LogP contribution in [0.15, 0.2) is 29.2 Å². The van der Waals surface area contributed by atoms with Crippen LogP contribution in [0.3, 0.4) is 0 Å². The molecule has 1 unspecified atom stereocenters. The summed E-state index contributed by atoms with van der Waals surface area (Å²) in [6.07, 6.45) is 2.36. The molecule has 0 spiro atoms. The van der Waals surface area contributed by atoms with Gasteiger partial charge in [0.15, 0.2) is 0 Å². The number of hydrogen-bond donors (Lipinski definition) is 1. The van der Waals surface area contributed by atoms with E-state index in [1.54, 1.807) is 0 Å². The van der Waals surface area contributed by atoms with E-state index in [1.165, 1.54) is 5.56 Å². The third kappa shape index (κ3) is 3.32. The highest BCUT2D eigenvalue weighted by Gasteiger charge is 2.21. The fourth-order valence-electron chi connectivity index (χ4n) is 2.20. The smallest absolute Gasteiger partial charge is 0.278 e. The lowest BCUT2D eigenvalue weighted by molar-refractivity contribution is -0.109. The molecule has 3 nitrogen and oxygen atoms in total. The summed E-state index contributed by atoms with van der Waals surface area (Å²) >= 11 is 0. The van der Waals surface area contributed by atoms with Crippen LogP contribution in [0.4, 0.5) is 4.79 Å². The average Bonchev–Trinajstić information content (AvgIpc) is 2.81. The molecule has 4 heteroatoms. The molecule has 0 saturated heterocycles. The Bertz CT molecular complexity index is 523. The highest BCUT2D eigenvalue weighted by atomic mass is 32.2. The van der Waals surface area contributed by atoms with Crippen LogP contribution in [-0.2, 0) is 11.2 Å². The molecule has 0 bridgehead atoms. The SMILES string of the molecule is CC(C)C[C@@H](C=O)NC(=O)S1=CCc2ccccc21. The number of amides is 1. The predicted molar refractivity (Wildman–Crippen MR) is 79.9 cm³/mol. The Morgan fingerprint density at radius 1 is 1.42 bits per heavy atom. The maximum atomic E-state index is 12.3. The normalized spacial score (nSPS) is 18.6. The van der Waals surface area contributed by atoms with Crippen LogP contribution in [0.2, 0.25) is 0 Å². The molecule has 19 heavy (non-hydrogen) atoms. The number of fused-ring (bicyclic) bond motifs is 1. The van der Waals surface area contributed by atoms with Crippen molar-refractivity contribution >= 4 is 27.4 Å². The first kappa shape index (κ1) is 14.0. The molecule has 0 fully saturated rings. The molecule has 1 aromatic rings. The number of nitrogens with one attached hydrogen (secondary N) is 1. The maximum absolute atomic E-state index is 12.3. The van der Waals surface area contributed by atoms with Crippen LogP contribution in [0, 0.1) is 5.92 Å². The largest absolute Gasteiger partial charge is 0.338 e. The van der Waals surface area contributed by atoms with Gasteiger partial charge in [-0.15, -0.1) is 0 Å². The van der Waals surface area contributed by atoms with Gasteiger partial charge in [0.05, 0.1) is 6.04 Å². The van der Waals surface area contributed by atoms with E-state index in [4.69, 9.17) is 0 Å². The van der Waals surface area contributed by atoms with Gasteiger partial charge in [0.1, 0.15) is 6.29 Å². The van der Waals surface area contributed by atoms with Crippen LogP contribution in [0.25, 0.3) is 0 Å². The first-order chi connectivity index (χ1) is 9.11. The Morgan fingerprint density at radius 3 is 2.84 bits per heavy atom. The molecule has 1 amide bonds. The first-order valence-electron chi connectivity index (χ1n) is 6.52. The molecular weight excluding hydrogens is 258 g/mol. The number of aldehydes is 1. The summed E-state index contributed by atoms with van der Waals surface area (Å²) in [6.45, 7) is 4.09. The highest BCUT2D eigenvalue weighted by molar-refractivity contribution is 8.27. The fourth-order valence-corrected chi connectivity index (χ4v) is 4.01. The highest BCUT2D eigenvalue weighted by Crippen LogP contribution is 2.35. The molecular formula is C15H19NO2S. The van der Waals surface area contributed by atoms with Crippen molar-refractivity contribution in [2.45, 2.75) is 37.6 Å². The second-order valence-corrected chi connectivity index (χ2v) is 6.94. The minimum atomic E-state index is -0.518. The van der Waals surface area contributed by atoms with Crippen LogP contribution in [0.1, 0.15) is 25.8 Å². The molecule has 2 atom stereocenters. The van der Waals surface area contributed by atoms with Gasteiger partial charge in [0.25, 0.3) is 5.24 Å². The molecule has 0 aliphatic carbocycles. The van der Waals surface area contributed by atoms with Gasteiger partial charge in [-0.25, -0.2) is 0 Å². The van der Waals surface area contributed by atoms with E-state index in [-0.39, 0.29) is 11.3 Å². The Kier molecular flexibility index (Phi) is 4.53. The number of hydrogen-bond acceptors (Lipinski definition) is 2. The van der Waals surface area contributed by atoms with Crippen molar-refractivity contribution in [3.05, 3.63) is 29.8 Å². The zero-order valence-electron chi connectivity index (χ0n) is 11.3. The van der Waals surface area contributed by atoms with Crippen molar-refractivity contribution in [2.24, 2.45) is 5.92 Å². The second kappa shape index (κ2) is 6.15. The quantitative estimate of drug-likeness (QED) is 0.679. The van der Waals surface area contributed by atoms with E-state index in [9.17, 15) is 9.59 Å². The molecule has 1 N–H and O–H groups in total. The second-order valence-electron chi connectivity index (χ2n) is 5.12. The van der Waals surface area contributed by atoms with Gasteiger partial charge in [-0.2, -0.15) is 0 Å². The molecule has 0 saturated carbocycles. The average molecular weight is 277 g/mol. The van der Waals surface area contributed by atoms with Crippen molar-refractivity contribution in [3.63, 3.8) is 0 Å². The summed E-state index contributed by atoms with van der Waals surface area (Å²) in [5, 5.41) is 4.85. The zero-order chi connectivity index (χ0) is 13.8. The maximum Gasteiger partial charge on any atom is 0.278 e.